The lowest BCUT2D eigenvalue weighted by atomic mass is 9.78. The molecule has 6 aliphatic rings. The number of carboxylic acids is 1. The number of hydrogen-bond donors (Lipinski definition) is 3. The van der Waals surface area contributed by atoms with E-state index in [4.69, 9.17) is 37.9 Å². The molecule has 1 saturated carbocycles. The summed E-state index contributed by atoms with van der Waals surface area (Å²) in [5.74, 6) is -8.28. The van der Waals surface area contributed by atoms with Crippen molar-refractivity contribution in [3.63, 3.8) is 0 Å². The van der Waals surface area contributed by atoms with Crippen LogP contribution >= 0.6 is 0 Å². The number of ketones is 2. The first-order valence-electron chi connectivity index (χ1n) is 37.9. The Hall–Kier alpha value is -6.95. The number of aliphatic hydroxyl groups is 2. The molecule has 17 atom stereocenters. The highest BCUT2D eigenvalue weighted by atomic mass is 16.6. The first kappa shape index (κ1) is 83.7. The van der Waals surface area contributed by atoms with E-state index in [0.717, 1.165) is 43.3 Å². The zero-order valence-electron chi connectivity index (χ0n) is 63.9. The predicted octanol–water partition coefficient (Wildman–Crippen LogP) is 7.03. The third-order valence-electron chi connectivity index (χ3n) is 22.2. The van der Waals surface area contributed by atoms with Gasteiger partial charge in [0.2, 0.25) is 23.6 Å². The van der Waals surface area contributed by atoms with E-state index in [-0.39, 0.29) is 87.8 Å². The summed E-state index contributed by atoms with van der Waals surface area (Å²) in [7, 11) is 6.13. The van der Waals surface area contributed by atoms with Crippen LogP contribution in [0.3, 0.4) is 0 Å². The number of aromatic nitrogens is 4. The van der Waals surface area contributed by atoms with Crippen LogP contribution in [0.1, 0.15) is 149 Å². The molecule has 3 N–H and O–H groups in total. The Bertz CT molecular complexity index is 3310. The number of aryl methyl sites for hydroxylation is 2. The maximum Gasteiger partial charge on any atom is 0.329 e. The molecule has 0 spiro atoms. The number of aliphatic carboxylic acids is 1. The van der Waals surface area contributed by atoms with Crippen molar-refractivity contribution < 1.29 is 86.8 Å². The van der Waals surface area contributed by atoms with E-state index >= 15 is 0 Å². The SMILES string of the molecule is CO[C@H]1C[C@@H]2CC[C@@H](C)[C@@](O)(O2)C(=O)C(=O)N2CCCC[C@H]2C(=O)O[C@H]([C@H](C)C[C@@H]2CC[C@@H](OC(=O)CCc3cnc(N4CCN(C(=O)CCOCCN5CCN(c6ncc(C)cn6)CC5)[C@@H](C(=O)O)C4)nc3)[C@H](OC)C2)C[C@@H](OC)[C@H](C)/C=C(\C)[C@@H](O)[C@@H](OC)C(=O)[C@H](C)C[C@H](C)/C=C/C=C/C=C/1C. The highest BCUT2D eigenvalue weighted by Crippen LogP contribution is 2.39. The fourth-order valence-corrected chi connectivity index (χ4v) is 15.6. The Morgan fingerprint density at radius 3 is 2.10 bits per heavy atom. The largest absolute Gasteiger partial charge is 0.480 e. The van der Waals surface area contributed by atoms with E-state index in [0.29, 0.717) is 101 Å². The smallest absolute Gasteiger partial charge is 0.329 e. The summed E-state index contributed by atoms with van der Waals surface area (Å²) < 4.78 is 48.6. The number of anilines is 2. The van der Waals surface area contributed by atoms with E-state index < -0.39 is 114 Å². The van der Waals surface area contributed by atoms with Gasteiger partial charge in [0.05, 0.1) is 50.6 Å². The lowest BCUT2D eigenvalue weighted by Crippen LogP contribution is -2.61. The van der Waals surface area contributed by atoms with Crippen molar-refractivity contribution in [2.24, 2.45) is 35.5 Å². The minimum atomic E-state index is -2.46. The number of Topliss-reactive ketones (excluding diaryl/α,β-unsaturated/α-hetero) is 2. The third-order valence-corrected chi connectivity index (χ3v) is 22.2. The molecule has 2 aromatic rings. The highest BCUT2D eigenvalue weighted by Gasteiger charge is 2.53. The van der Waals surface area contributed by atoms with Gasteiger partial charge in [0.15, 0.2) is 5.78 Å². The topological polar surface area (TPSA) is 322 Å². The molecule has 2 bridgehead atoms. The number of carbonyl (C=O) groups excluding carboxylic acids is 6. The van der Waals surface area contributed by atoms with E-state index in [2.05, 4.69) is 29.7 Å². The van der Waals surface area contributed by atoms with Gasteiger partial charge in [-0.2, -0.15) is 0 Å². The van der Waals surface area contributed by atoms with E-state index in [9.17, 15) is 48.9 Å². The molecule has 5 aliphatic heterocycles. The summed E-state index contributed by atoms with van der Waals surface area (Å²) in [4.78, 5) is 124. The summed E-state index contributed by atoms with van der Waals surface area (Å²) in [5, 5.41) is 34.2. The fraction of sp³-hybridized carbons (Fsp3) is 0.705. The van der Waals surface area contributed by atoms with E-state index in [1.807, 2.05) is 90.4 Å². The van der Waals surface area contributed by atoms with Crippen LogP contribution in [0.25, 0.3) is 0 Å². The van der Waals surface area contributed by atoms with Crippen molar-refractivity contribution in [3.8, 4) is 0 Å². The number of nitrogens with zero attached hydrogens (tertiary/aromatic N) is 9. The Kier molecular flexibility index (Phi) is 32.1. The second-order valence-electron chi connectivity index (χ2n) is 30.0. The summed E-state index contributed by atoms with van der Waals surface area (Å²) in [6.45, 7) is 20.2. The average Bonchev–Trinajstić information content (AvgIpc) is 0.777. The molecule has 2 aromatic heterocycles. The zero-order chi connectivity index (χ0) is 76.1. The quantitative estimate of drug-likeness (QED) is 0.0518. The first-order chi connectivity index (χ1) is 50.2. The molecule has 0 aromatic carbocycles. The Labute approximate surface area is 619 Å². The maximum absolute atomic E-state index is 14.9. The molecule has 1 aliphatic carbocycles. The molecule has 27 heteroatoms. The molecule has 7 heterocycles. The average molecular weight is 1470 g/mol. The van der Waals surface area contributed by atoms with Crippen molar-refractivity contribution in [1.29, 1.82) is 0 Å². The van der Waals surface area contributed by atoms with Gasteiger partial charge in [-0.15, -0.1) is 0 Å². The van der Waals surface area contributed by atoms with Crippen LogP contribution < -0.4 is 9.80 Å². The number of aliphatic hydroxyl groups excluding tert-OH is 1. The molecule has 582 valence electrons. The maximum atomic E-state index is 14.9. The van der Waals surface area contributed by atoms with Crippen molar-refractivity contribution in [2.45, 2.75) is 218 Å². The zero-order valence-corrected chi connectivity index (χ0v) is 63.9. The molecule has 5 fully saturated rings. The van der Waals surface area contributed by atoms with Crippen LogP contribution in [0, 0.1) is 42.4 Å². The minimum Gasteiger partial charge on any atom is -0.480 e. The van der Waals surface area contributed by atoms with Crippen LogP contribution in [0.2, 0.25) is 0 Å². The number of fused-ring (bicyclic) bond motifs is 3. The lowest BCUT2D eigenvalue weighted by molar-refractivity contribution is -0.265. The van der Waals surface area contributed by atoms with Crippen LogP contribution in [-0.2, 0) is 77.9 Å². The van der Waals surface area contributed by atoms with E-state index in [1.54, 1.807) is 52.5 Å². The highest BCUT2D eigenvalue weighted by molar-refractivity contribution is 6.39. The standard InChI is InChI=1S/C78H117N9O18/c1-49-18-14-13-15-19-51(3)63(98-9)42-59-24-21-56(8)78(97,105-59)72(92)73(93)87-28-17-16-20-60(87)75(96)104-65(43-64(99-10)52(4)39-55(7)70(91)71(101-12)69(90)54(6)38-49)53(5)40-57-22-25-62(66(41-57)100-11)103-68(89)26-23-58-46-81-77(82-47-58)85-33-34-86(61(48-85)74(94)95)67(88)27-36-102-37-35-83-29-31-84(32-30-83)76-79-44-50(2)45-80-76/h13-15,18-19,39,44-47,49,52-54,56-57,59-66,70-71,91,97H,16-17,20-38,40-43,48H2,1-12H3,(H,94,95)/b15-13+,18-14+,51-19+,55-39+/t49-,52-,53-,54-,56-,57+,59+,60+,61-,62-,63+,64-,65+,66-,70-,71+,78-/m1/s1. The monoisotopic (exact) mass is 1470 g/mol. The number of carbonyl (C=O) groups is 7. The fourth-order valence-electron chi connectivity index (χ4n) is 15.6. The van der Waals surface area contributed by atoms with Crippen molar-refractivity contribution in [2.75, 3.05) is 110 Å². The predicted molar refractivity (Wildman–Crippen MR) is 391 cm³/mol. The number of piperidine rings is 1. The van der Waals surface area contributed by atoms with Crippen LogP contribution in [0.15, 0.2) is 72.4 Å². The summed E-state index contributed by atoms with van der Waals surface area (Å²) in [6, 6.07) is -2.27. The number of piperazine rings is 2. The molecular weight excluding hydrogens is 1350 g/mol. The number of hydrogen-bond acceptors (Lipinski definition) is 24. The van der Waals surface area contributed by atoms with Gasteiger partial charge >= 0.3 is 17.9 Å². The molecule has 8 rings (SSSR count). The Balaban J connectivity index is 0.875. The van der Waals surface area contributed by atoms with Crippen LogP contribution in [0.4, 0.5) is 11.9 Å². The molecule has 0 radical (unpaired) electrons. The Morgan fingerprint density at radius 2 is 1.41 bits per heavy atom. The number of ether oxygens (including phenoxy) is 8. The third kappa shape index (κ3) is 23.0. The summed E-state index contributed by atoms with van der Waals surface area (Å²) >= 11 is 0. The van der Waals surface area contributed by atoms with Crippen molar-refractivity contribution >= 4 is 53.2 Å². The number of carboxylic acid groups (broad SMARTS) is 1. The molecule has 105 heavy (non-hydrogen) atoms. The number of cyclic esters (lactones) is 1. The second-order valence-corrected chi connectivity index (χ2v) is 30.0. The van der Waals surface area contributed by atoms with Gasteiger partial charge in [0.1, 0.15) is 36.5 Å². The number of esters is 2. The van der Waals surface area contributed by atoms with Crippen LogP contribution in [0.5, 0.6) is 0 Å². The number of allylic oxidation sites excluding steroid dienone is 5. The molecular formula is C78H117N9O18. The second kappa shape index (κ2) is 40.3. The van der Waals surface area contributed by atoms with Gasteiger partial charge in [-0.25, -0.2) is 29.5 Å². The summed E-state index contributed by atoms with van der Waals surface area (Å²) in [6.07, 6.45) is 18.1. The minimum absolute atomic E-state index is 0.00429. The molecule has 0 unspecified atom stereocenters. The molecule has 27 nitrogen and oxygen atoms in total. The van der Waals surface area contributed by atoms with Crippen molar-refractivity contribution in [1.82, 2.24) is 34.6 Å². The van der Waals surface area contributed by atoms with Gasteiger partial charge in [0.25, 0.3) is 11.7 Å². The number of amides is 2. The Morgan fingerprint density at radius 1 is 0.714 bits per heavy atom. The molecule has 2 amide bonds. The van der Waals surface area contributed by atoms with E-state index in [1.165, 1.54) is 16.9 Å². The summed E-state index contributed by atoms with van der Waals surface area (Å²) in [5.41, 5.74) is 3.05. The lowest BCUT2D eigenvalue weighted by Gasteiger charge is -2.43. The number of methoxy groups -OCH3 is 4. The van der Waals surface area contributed by atoms with Gasteiger partial charge < -0.3 is 72.8 Å². The number of rotatable bonds is 20. The van der Waals surface area contributed by atoms with Crippen molar-refractivity contribution in [3.05, 3.63) is 83.5 Å². The van der Waals surface area contributed by atoms with Crippen LogP contribution in [-0.4, -0.2) is 259 Å². The van der Waals surface area contributed by atoms with Gasteiger partial charge in [-0.1, -0.05) is 71.1 Å². The molecule has 4 saturated heterocycles. The van der Waals surface area contributed by atoms with Gasteiger partial charge in [-0.3, -0.25) is 28.9 Å². The first-order valence-corrected chi connectivity index (χ1v) is 37.9. The van der Waals surface area contributed by atoms with Gasteiger partial charge in [0, 0.05) is 143 Å². The van der Waals surface area contributed by atoms with Gasteiger partial charge in [-0.05, 0) is 131 Å². The normalized spacial score (nSPS) is 32.8.